The highest BCUT2D eigenvalue weighted by Gasteiger charge is 2.27. The minimum Gasteiger partial charge on any atom is -0.379 e. The predicted octanol–water partition coefficient (Wildman–Crippen LogP) is 1.74. The molecule has 1 unspecified atom stereocenters. The summed E-state index contributed by atoms with van der Waals surface area (Å²) < 4.78 is 37.9. The molecule has 0 saturated carbocycles. The van der Waals surface area contributed by atoms with Crippen LogP contribution in [0.2, 0.25) is 0 Å². The number of benzene rings is 1. The van der Waals surface area contributed by atoms with Crippen LogP contribution in [0.4, 0.5) is 0 Å². The van der Waals surface area contributed by atoms with Crippen LogP contribution in [-0.4, -0.2) is 76.1 Å². The van der Waals surface area contributed by atoms with Crippen LogP contribution >= 0.6 is 0 Å². The van der Waals surface area contributed by atoms with Gasteiger partial charge < -0.3 is 14.4 Å². The van der Waals surface area contributed by atoms with Crippen molar-refractivity contribution in [3.05, 3.63) is 29.8 Å². The number of sulfonamides is 1. The monoisotopic (exact) mass is 396 g/mol. The zero-order chi connectivity index (χ0) is 19.3. The number of hydrogen-bond acceptors (Lipinski definition) is 5. The molecule has 2 saturated heterocycles. The van der Waals surface area contributed by atoms with Gasteiger partial charge in [0.1, 0.15) is 0 Å². The Hall–Kier alpha value is -1.48. The molecule has 1 amide bonds. The van der Waals surface area contributed by atoms with Crippen molar-refractivity contribution in [2.75, 3.05) is 46.5 Å². The minimum absolute atomic E-state index is 0.152. The Labute approximate surface area is 161 Å². The van der Waals surface area contributed by atoms with E-state index in [0.29, 0.717) is 38.4 Å². The molecule has 0 bridgehead atoms. The number of nitrogens with zero attached hydrogens (tertiary/aromatic N) is 2. The third-order valence-electron chi connectivity index (χ3n) is 5.10. The summed E-state index contributed by atoms with van der Waals surface area (Å²) in [7, 11) is -1.87. The van der Waals surface area contributed by atoms with Crippen LogP contribution in [0.1, 0.15) is 36.0 Å². The molecule has 27 heavy (non-hydrogen) atoms. The first-order valence-electron chi connectivity index (χ1n) is 9.53. The third kappa shape index (κ3) is 5.07. The van der Waals surface area contributed by atoms with Gasteiger partial charge in [-0.05, 0) is 43.9 Å². The first-order chi connectivity index (χ1) is 13.0. The number of rotatable bonds is 6. The maximum atomic E-state index is 12.8. The molecule has 1 aromatic carbocycles. The molecular weight excluding hydrogens is 368 g/mol. The van der Waals surface area contributed by atoms with E-state index in [0.717, 1.165) is 25.9 Å². The van der Waals surface area contributed by atoms with Gasteiger partial charge in [0, 0.05) is 38.9 Å². The van der Waals surface area contributed by atoms with E-state index in [-0.39, 0.29) is 16.9 Å². The fraction of sp³-hybridized carbons (Fsp3) is 0.632. The lowest BCUT2D eigenvalue weighted by molar-refractivity contribution is 0.00709. The van der Waals surface area contributed by atoms with Gasteiger partial charge in [-0.15, -0.1) is 0 Å². The normalized spacial score (nSPS) is 21.7. The van der Waals surface area contributed by atoms with Crippen molar-refractivity contribution >= 4 is 15.9 Å². The summed E-state index contributed by atoms with van der Waals surface area (Å²) in [4.78, 5) is 14.5. The summed E-state index contributed by atoms with van der Waals surface area (Å²) in [5, 5.41) is 0. The molecule has 2 aliphatic rings. The van der Waals surface area contributed by atoms with E-state index >= 15 is 0 Å². The molecule has 1 atom stereocenters. The van der Waals surface area contributed by atoms with E-state index in [2.05, 4.69) is 0 Å². The fourth-order valence-corrected chi connectivity index (χ4v) is 4.87. The zero-order valence-corrected chi connectivity index (χ0v) is 16.6. The van der Waals surface area contributed by atoms with Crippen molar-refractivity contribution in [3.8, 4) is 0 Å². The molecule has 0 aliphatic carbocycles. The molecule has 2 aliphatic heterocycles. The van der Waals surface area contributed by atoms with Crippen molar-refractivity contribution in [3.63, 3.8) is 0 Å². The molecule has 1 aromatic rings. The van der Waals surface area contributed by atoms with E-state index < -0.39 is 10.0 Å². The van der Waals surface area contributed by atoms with Crippen molar-refractivity contribution in [1.82, 2.24) is 9.21 Å². The van der Waals surface area contributed by atoms with E-state index in [1.807, 2.05) is 0 Å². The van der Waals surface area contributed by atoms with Gasteiger partial charge in [0.2, 0.25) is 10.0 Å². The third-order valence-corrected chi connectivity index (χ3v) is 6.99. The lowest BCUT2D eigenvalue weighted by Crippen LogP contribution is -2.40. The maximum Gasteiger partial charge on any atom is 0.253 e. The number of carbonyl (C=O) groups excluding carboxylic acids is 1. The molecule has 0 aromatic heterocycles. The van der Waals surface area contributed by atoms with Crippen LogP contribution in [0, 0.1) is 0 Å². The van der Waals surface area contributed by atoms with E-state index in [1.165, 1.54) is 22.9 Å². The molecule has 2 fully saturated rings. The second-order valence-corrected chi connectivity index (χ2v) is 8.99. The standard InChI is InChI=1S/C19H28N2O5S/c1-20(9-8-17-6-2-3-12-26-17)19(22)16-5-4-7-18(15-16)27(23,24)21-10-13-25-14-11-21/h4-5,7,15,17H,2-3,6,8-14H2,1H3. The Morgan fingerprint density at radius 1 is 1.22 bits per heavy atom. The lowest BCUT2D eigenvalue weighted by Gasteiger charge is -2.26. The van der Waals surface area contributed by atoms with Gasteiger partial charge in [-0.25, -0.2) is 8.42 Å². The molecule has 2 heterocycles. The van der Waals surface area contributed by atoms with E-state index in [9.17, 15) is 13.2 Å². The summed E-state index contributed by atoms with van der Waals surface area (Å²) in [6.07, 6.45) is 4.32. The van der Waals surface area contributed by atoms with Crippen LogP contribution < -0.4 is 0 Å². The number of amides is 1. The summed E-state index contributed by atoms with van der Waals surface area (Å²) in [6.45, 7) is 2.84. The second-order valence-electron chi connectivity index (χ2n) is 7.05. The van der Waals surface area contributed by atoms with Gasteiger partial charge in [0.25, 0.3) is 5.91 Å². The average Bonchev–Trinajstić information content (AvgIpc) is 2.73. The summed E-state index contributed by atoms with van der Waals surface area (Å²) in [5.74, 6) is -0.176. The topological polar surface area (TPSA) is 76.2 Å². The molecule has 3 rings (SSSR count). The maximum absolute atomic E-state index is 12.8. The summed E-state index contributed by atoms with van der Waals surface area (Å²) in [5.41, 5.74) is 0.386. The van der Waals surface area contributed by atoms with Crippen molar-refractivity contribution in [2.45, 2.75) is 36.7 Å². The van der Waals surface area contributed by atoms with Crippen molar-refractivity contribution < 1.29 is 22.7 Å². The Morgan fingerprint density at radius 2 is 2.00 bits per heavy atom. The Bertz CT molecular complexity index is 740. The van der Waals surface area contributed by atoms with Crippen LogP contribution in [0.3, 0.4) is 0 Å². The van der Waals surface area contributed by atoms with Gasteiger partial charge >= 0.3 is 0 Å². The van der Waals surface area contributed by atoms with Crippen molar-refractivity contribution in [1.29, 1.82) is 0 Å². The van der Waals surface area contributed by atoms with E-state index in [4.69, 9.17) is 9.47 Å². The highest BCUT2D eigenvalue weighted by Crippen LogP contribution is 2.20. The van der Waals surface area contributed by atoms with Gasteiger partial charge in [0.15, 0.2) is 0 Å². The highest BCUT2D eigenvalue weighted by molar-refractivity contribution is 7.89. The summed E-state index contributed by atoms with van der Waals surface area (Å²) in [6, 6.07) is 6.30. The number of carbonyl (C=O) groups is 1. The quantitative estimate of drug-likeness (QED) is 0.732. The Balaban J connectivity index is 1.65. The van der Waals surface area contributed by atoms with Gasteiger partial charge in [-0.3, -0.25) is 4.79 Å². The van der Waals surface area contributed by atoms with Gasteiger partial charge in [-0.2, -0.15) is 4.31 Å². The molecule has 150 valence electrons. The number of hydrogen-bond donors (Lipinski definition) is 0. The smallest absolute Gasteiger partial charge is 0.253 e. The SMILES string of the molecule is CN(CCC1CCCCO1)C(=O)c1cccc(S(=O)(=O)N2CCOCC2)c1. The predicted molar refractivity (Wildman–Crippen MR) is 101 cm³/mol. The largest absolute Gasteiger partial charge is 0.379 e. The first kappa shape index (κ1) is 20.3. The minimum atomic E-state index is -3.61. The zero-order valence-electron chi connectivity index (χ0n) is 15.8. The van der Waals surface area contributed by atoms with Crippen LogP contribution in [0.25, 0.3) is 0 Å². The molecule has 7 nitrogen and oxygen atoms in total. The Kier molecular flexibility index (Phi) is 6.86. The second kappa shape index (κ2) is 9.14. The van der Waals surface area contributed by atoms with Crippen LogP contribution in [0.5, 0.6) is 0 Å². The van der Waals surface area contributed by atoms with E-state index in [1.54, 1.807) is 24.1 Å². The molecule has 0 N–H and O–H groups in total. The molecule has 0 spiro atoms. The molecule has 0 radical (unpaired) electrons. The fourth-order valence-electron chi connectivity index (χ4n) is 3.42. The Morgan fingerprint density at radius 3 is 2.70 bits per heavy atom. The first-order valence-corrected chi connectivity index (χ1v) is 11.0. The summed E-state index contributed by atoms with van der Waals surface area (Å²) >= 11 is 0. The molecule has 8 heteroatoms. The average molecular weight is 397 g/mol. The highest BCUT2D eigenvalue weighted by atomic mass is 32.2. The van der Waals surface area contributed by atoms with Crippen LogP contribution in [-0.2, 0) is 19.5 Å². The molecular formula is C19H28N2O5S. The van der Waals surface area contributed by atoms with Crippen LogP contribution in [0.15, 0.2) is 29.2 Å². The lowest BCUT2D eigenvalue weighted by atomic mass is 10.1. The number of ether oxygens (including phenoxy) is 2. The number of morpholine rings is 1. The van der Waals surface area contributed by atoms with Crippen molar-refractivity contribution in [2.24, 2.45) is 0 Å². The van der Waals surface area contributed by atoms with Gasteiger partial charge in [0.05, 0.1) is 24.2 Å². The van der Waals surface area contributed by atoms with Gasteiger partial charge in [-0.1, -0.05) is 6.07 Å².